The van der Waals surface area contributed by atoms with Gasteiger partial charge in [0.1, 0.15) is 12.4 Å². The molecule has 9 heteroatoms. The number of para-hydroxylation sites is 1. The number of piperazine rings is 1. The third-order valence-corrected chi connectivity index (χ3v) is 6.58. The van der Waals surface area contributed by atoms with Gasteiger partial charge in [-0.1, -0.05) is 35.9 Å². The topological polar surface area (TPSA) is 82.1 Å². The number of aliphatic imine (C=N–C) groups is 1. The molecule has 2 aromatic rings. The monoisotopic (exact) mass is 418 g/mol. The number of benzene rings is 2. The van der Waals surface area contributed by atoms with Crippen molar-refractivity contribution in [3.05, 3.63) is 59.1 Å². The van der Waals surface area contributed by atoms with Gasteiger partial charge in [0.2, 0.25) is 5.91 Å². The summed E-state index contributed by atoms with van der Waals surface area (Å²) in [7, 11) is -3.59. The summed E-state index contributed by atoms with van der Waals surface area (Å²) in [5.74, 6) is 0.0912. The molecule has 0 atom stereocenters. The molecular weight excluding hydrogens is 400 g/mol. The van der Waals surface area contributed by atoms with Crippen molar-refractivity contribution in [2.75, 3.05) is 37.6 Å². The molecule has 0 spiro atoms. The Morgan fingerprint density at radius 1 is 1.04 bits per heavy atom. The SMILES string of the molecule is O=C(CN=C1NS(=O)(=O)c2ccccc21)N1CCN(c2ccccc2Cl)CC1. The molecule has 2 aliphatic rings. The minimum absolute atomic E-state index is 0.0989. The Kier molecular flexibility index (Phi) is 4.99. The Labute approximate surface area is 168 Å². The van der Waals surface area contributed by atoms with Crippen molar-refractivity contribution in [2.45, 2.75) is 4.90 Å². The Morgan fingerprint density at radius 3 is 2.46 bits per heavy atom. The molecule has 1 fully saturated rings. The molecule has 0 radical (unpaired) electrons. The van der Waals surface area contributed by atoms with Gasteiger partial charge in [0.15, 0.2) is 0 Å². The first-order chi connectivity index (χ1) is 13.5. The highest BCUT2D eigenvalue weighted by molar-refractivity contribution is 7.90. The van der Waals surface area contributed by atoms with Crippen LogP contribution in [0.3, 0.4) is 0 Å². The van der Waals surface area contributed by atoms with Gasteiger partial charge in [-0.05, 0) is 24.3 Å². The first kappa shape index (κ1) is 18.8. The summed E-state index contributed by atoms with van der Waals surface area (Å²) in [5, 5.41) is 0.695. The predicted octanol–water partition coefficient (Wildman–Crippen LogP) is 1.73. The maximum absolute atomic E-state index is 12.5. The number of anilines is 1. The average molecular weight is 419 g/mol. The maximum Gasteiger partial charge on any atom is 0.263 e. The van der Waals surface area contributed by atoms with Gasteiger partial charge in [-0.25, -0.2) is 8.42 Å². The van der Waals surface area contributed by atoms with Crippen LogP contribution >= 0.6 is 11.6 Å². The minimum atomic E-state index is -3.59. The average Bonchev–Trinajstić information content (AvgIpc) is 2.97. The zero-order valence-electron chi connectivity index (χ0n) is 15.0. The summed E-state index contributed by atoms with van der Waals surface area (Å²) in [5.41, 5.74) is 1.47. The van der Waals surface area contributed by atoms with Crippen molar-refractivity contribution in [3.63, 3.8) is 0 Å². The van der Waals surface area contributed by atoms with E-state index in [-0.39, 0.29) is 23.2 Å². The second-order valence-corrected chi connectivity index (χ2v) is 8.64. The molecule has 0 bridgehead atoms. The van der Waals surface area contributed by atoms with Crippen molar-refractivity contribution in [3.8, 4) is 0 Å². The van der Waals surface area contributed by atoms with Gasteiger partial charge in [0.25, 0.3) is 10.0 Å². The van der Waals surface area contributed by atoms with Crippen LogP contribution in [0.4, 0.5) is 5.69 Å². The number of amides is 1. The normalized spacial score (nSPS) is 19.4. The van der Waals surface area contributed by atoms with E-state index in [1.54, 1.807) is 23.1 Å². The van der Waals surface area contributed by atoms with E-state index in [2.05, 4.69) is 14.6 Å². The van der Waals surface area contributed by atoms with E-state index >= 15 is 0 Å². The molecule has 146 valence electrons. The number of rotatable bonds is 3. The van der Waals surface area contributed by atoms with Crippen LogP contribution in [0.1, 0.15) is 5.56 Å². The van der Waals surface area contributed by atoms with Crippen LogP contribution in [0, 0.1) is 0 Å². The van der Waals surface area contributed by atoms with Gasteiger partial charge in [-0.3, -0.25) is 14.5 Å². The zero-order chi connectivity index (χ0) is 19.7. The lowest BCUT2D eigenvalue weighted by molar-refractivity contribution is -0.129. The van der Waals surface area contributed by atoms with Crippen molar-refractivity contribution in [1.82, 2.24) is 9.62 Å². The van der Waals surface area contributed by atoms with Gasteiger partial charge in [-0.2, -0.15) is 0 Å². The molecule has 7 nitrogen and oxygen atoms in total. The number of hydrogen-bond acceptors (Lipinski definition) is 5. The quantitative estimate of drug-likeness (QED) is 0.822. The Hall–Kier alpha value is -2.58. The predicted molar refractivity (Wildman–Crippen MR) is 108 cm³/mol. The van der Waals surface area contributed by atoms with Crippen LogP contribution in [-0.4, -0.2) is 57.8 Å². The highest BCUT2D eigenvalue weighted by Gasteiger charge is 2.30. The van der Waals surface area contributed by atoms with Gasteiger partial charge in [0, 0.05) is 31.7 Å². The van der Waals surface area contributed by atoms with Crippen LogP contribution in [0.2, 0.25) is 5.02 Å². The number of amidine groups is 1. The molecule has 0 unspecified atom stereocenters. The highest BCUT2D eigenvalue weighted by Crippen LogP contribution is 2.26. The van der Waals surface area contributed by atoms with Crippen LogP contribution in [0.25, 0.3) is 0 Å². The first-order valence-corrected chi connectivity index (χ1v) is 10.8. The summed E-state index contributed by atoms with van der Waals surface area (Å²) in [6, 6.07) is 14.3. The largest absolute Gasteiger partial charge is 0.367 e. The van der Waals surface area contributed by atoms with Crippen molar-refractivity contribution < 1.29 is 13.2 Å². The second kappa shape index (κ2) is 7.44. The lowest BCUT2D eigenvalue weighted by Crippen LogP contribution is -2.49. The fourth-order valence-electron chi connectivity index (χ4n) is 3.40. The number of hydrogen-bond donors (Lipinski definition) is 1. The van der Waals surface area contributed by atoms with Crippen LogP contribution in [0.5, 0.6) is 0 Å². The third kappa shape index (κ3) is 3.57. The number of carbonyl (C=O) groups is 1. The van der Waals surface area contributed by atoms with Gasteiger partial charge in [0.05, 0.1) is 15.6 Å². The summed E-state index contributed by atoms with van der Waals surface area (Å²) in [4.78, 5) is 20.8. The van der Waals surface area contributed by atoms with Crippen molar-refractivity contribution in [2.24, 2.45) is 4.99 Å². The highest BCUT2D eigenvalue weighted by atomic mass is 35.5. The molecule has 1 amide bonds. The molecule has 2 aromatic carbocycles. The van der Waals surface area contributed by atoms with E-state index in [0.717, 1.165) is 5.69 Å². The summed E-state index contributed by atoms with van der Waals surface area (Å²) in [6.45, 7) is 2.40. The van der Waals surface area contributed by atoms with E-state index in [1.807, 2.05) is 24.3 Å². The van der Waals surface area contributed by atoms with E-state index in [9.17, 15) is 13.2 Å². The third-order valence-electron chi connectivity index (χ3n) is 4.86. The van der Waals surface area contributed by atoms with E-state index < -0.39 is 10.0 Å². The summed E-state index contributed by atoms with van der Waals surface area (Å²) >= 11 is 6.25. The van der Waals surface area contributed by atoms with Crippen LogP contribution < -0.4 is 9.62 Å². The number of nitrogens with one attached hydrogen (secondary N) is 1. The van der Waals surface area contributed by atoms with Gasteiger partial charge < -0.3 is 9.80 Å². The lowest BCUT2D eigenvalue weighted by Gasteiger charge is -2.36. The molecule has 0 aliphatic carbocycles. The molecule has 28 heavy (non-hydrogen) atoms. The van der Waals surface area contributed by atoms with E-state index in [4.69, 9.17) is 11.6 Å². The van der Waals surface area contributed by atoms with E-state index in [0.29, 0.717) is 36.8 Å². The number of halogens is 1. The van der Waals surface area contributed by atoms with Crippen LogP contribution in [-0.2, 0) is 14.8 Å². The molecule has 1 N–H and O–H groups in total. The second-order valence-electron chi connectivity index (χ2n) is 6.59. The zero-order valence-corrected chi connectivity index (χ0v) is 16.6. The standard InChI is InChI=1S/C19H19ClN4O3S/c20-15-6-2-3-7-16(15)23-9-11-24(12-10-23)18(25)13-21-19-14-5-1-4-8-17(14)28(26,27)22-19/h1-8H,9-13H2,(H,21,22). The molecule has 4 rings (SSSR count). The van der Waals surface area contributed by atoms with Crippen molar-refractivity contribution in [1.29, 1.82) is 0 Å². The fourth-order valence-corrected chi connectivity index (χ4v) is 4.91. The van der Waals surface area contributed by atoms with E-state index in [1.165, 1.54) is 6.07 Å². The summed E-state index contributed by atoms with van der Waals surface area (Å²) in [6.07, 6.45) is 0. The molecule has 1 saturated heterocycles. The molecular formula is C19H19ClN4O3S. The number of sulfonamides is 1. The summed E-state index contributed by atoms with van der Waals surface area (Å²) < 4.78 is 26.6. The van der Waals surface area contributed by atoms with Crippen LogP contribution in [0.15, 0.2) is 58.4 Å². The van der Waals surface area contributed by atoms with Gasteiger partial charge in [-0.15, -0.1) is 0 Å². The smallest absolute Gasteiger partial charge is 0.263 e. The maximum atomic E-state index is 12.5. The number of nitrogens with zero attached hydrogens (tertiary/aromatic N) is 3. The Bertz CT molecular complexity index is 1050. The molecule has 2 heterocycles. The number of fused-ring (bicyclic) bond motifs is 1. The first-order valence-electron chi connectivity index (χ1n) is 8.89. The van der Waals surface area contributed by atoms with Crippen molar-refractivity contribution >= 4 is 39.1 Å². The molecule has 0 saturated carbocycles. The number of carbonyl (C=O) groups excluding carboxylic acids is 1. The molecule has 2 aliphatic heterocycles. The fraction of sp³-hybridized carbons (Fsp3) is 0.263. The Morgan fingerprint density at radius 2 is 1.71 bits per heavy atom. The Balaban J connectivity index is 1.40. The van der Waals surface area contributed by atoms with Gasteiger partial charge >= 0.3 is 0 Å². The lowest BCUT2D eigenvalue weighted by atomic mass is 10.2. The molecule has 0 aromatic heterocycles. The minimum Gasteiger partial charge on any atom is -0.367 e.